The minimum atomic E-state index is -0.130. The van der Waals surface area contributed by atoms with Gasteiger partial charge in [0.25, 0.3) is 5.91 Å². The molecule has 28 heavy (non-hydrogen) atoms. The lowest BCUT2D eigenvalue weighted by Crippen LogP contribution is -2.45. The Hall–Kier alpha value is -2.09. The highest BCUT2D eigenvalue weighted by Gasteiger charge is 2.35. The highest BCUT2D eigenvalue weighted by atomic mass is 35.5. The number of carbonyl (C=O) groups is 1. The second-order valence-corrected chi connectivity index (χ2v) is 7.26. The highest BCUT2D eigenvalue weighted by molar-refractivity contribution is 5.94. The van der Waals surface area contributed by atoms with Crippen LogP contribution in [-0.2, 0) is 23.1 Å². The number of aromatic amines is 1. The van der Waals surface area contributed by atoms with Crippen molar-refractivity contribution >= 4 is 18.3 Å². The van der Waals surface area contributed by atoms with E-state index in [9.17, 15) is 4.79 Å². The van der Waals surface area contributed by atoms with Gasteiger partial charge in [0.15, 0.2) is 5.69 Å². The van der Waals surface area contributed by atoms with E-state index in [1.54, 1.807) is 7.11 Å². The maximum atomic E-state index is 12.8. The molecule has 0 atom stereocenters. The molecule has 0 saturated carbocycles. The Morgan fingerprint density at radius 1 is 1.29 bits per heavy atom. The van der Waals surface area contributed by atoms with Gasteiger partial charge in [-0.2, -0.15) is 5.10 Å². The van der Waals surface area contributed by atoms with Gasteiger partial charge in [0.05, 0.1) is 7.11 Å². The number of fused-ring (bicyclic) bond motifs is 1. The summed E-state index contributed by atoms with van der Waals surface area (Å²) in [5.41, 5.74) is 3.64. The predicted octanol–water partition coefficient (Wildman–Crippen LogP) is 1.96. The number of H-pyrrole nitrogens is 1. The zero-order valence-electron chi connectivity index (χ0n) is 16.0. The Morgan fingerprint density at radius 2 is 2.04 bits per heavy atom. The molecular weight excluding hydrogens is 380 g/mol. The van der Waals surface area contributed by atoms with Crippen molar-refractivity contribution in [2.24, 2.45) is 0 Å². The minimum absolute atomic E-state index is 0. The van der Waals surface area contributed by atoms with Crippen LogP contribution in [0.25, 0.3) is 0 Å². The molecule has 1 aromatic carbocycles. The number of hydrogen-bond donors (Lipinski definition) is 3. The molecule has 0 aliphatic carbocycles. The van der Waals surface area contributed by atoms with Gasteiger partial charge in [-0.15, -0.1) is 12.4 Å². The van der Waals surface area contributed by atoms with Gasteiger partial charge < -0.3 is 20.1 Å². The summed E-state index contributed by atoms with van der Waals surface area (Å²) in [5.74, 6) is 0.719. The molecule has 3 N–H and O–H groups in total. The summed E-state index contributed by atoms with van der Waals surface area (Å²) in [4.78, 5) is 12.8. The largest absolute Gasteiger partial charge is 0.497 e. The average molecular weight is 407 g/mol. The number of amides is 1. The Balaban J connectivity index is 0.00000225. The third-order valence-electron chi connectivity index (χ3n) is 5.76. The van der Waals surface area contributed by atoms with Crippen molar-refractivity contribution in [2.75, 3.05) is 33.4 Å². The molecule has 152 valence electrons. The second-order valence-electron chi connectivity index (χ2n) is 7.26. The van der Waals surface area contributed by atoms with Gasteiger partial charge in [-0.1, -0.05) is 12.1 Å². The molecule has 3 heterocycles. The smallest absolute Gasteiger partial charge is 0.272 e. The number of ether oxygens (including phenoxy) is 2. The van der Waals surface area contributed by atoms with Crippen LogP contribution in [0.2, 0.25) is 0 Å². The van der Waals surface area contributed by atoms with Gasteiger partial charge in [-0.05, 0) is 30.5 Å². The fraction of sp³-hybridized carbons (Fsp3) is 0.500. The number of nitrogens with one attached hydrogen (secondary N) is 3. The van der Waals surface area contributed by atoms with E-state index in [1.807, 2.05) is 12.1 Å². The van der Waals surface area contributed by atoms with Crippen LogP contribution in [0, 0.1) is 0 Å². The van der Waals surface area contributed by atoms with Crippen LogP contribution >= 0.6 is 12.4 Å². The number of nitrogens with zero attached hydrogens (tertiary/aromatic N) is 1. The lowest BCUT2D eigenvalue weighted by atomic mass is 9.74. The third-order valence-corrected chi connectivity index (χ3v) is 5.76. The van der Waals surface area contributed by atoms with Crippen molar-refractivity contribution in [1.82, 2.24) is 20.8 Å². The quantitative estimate of drug-likeness (QED) is 0.706. The van der Waals surface area contributed by atoms with Crippen LogP contribution in [0.15, 0.2) is 24.3 Å². The number of carbonyl (C=O) groups excluding carboxylic acids is 1. The summed E-state index contributed by atoms with van der Waals surface area (Å²) in [6.45, 7) is 3.56. The molecule has 2 aliphatic heterocycles. The van der Waals surface area contributed by atoms with Gasteiger partial charge in [0, 0.05) is 55.9 Å². The molecule has 0 spiro atoms. The number of halogens is 1. The molecule has 2 aromatic rings. The number of rotatable bonds is 5. The average Bonchev–Trinajstić information content (AvgIpc) is 3.17. The highest BCUT2D eigenvalue weighted by Crippen LogP contribution is 2.35. The van der Waals surface area contributed by atoms with Gasteiger partial charge >= 0.3 is 0 Å². The topological polar surface area (TPSA) is 88.3 Å². The monoisotopic (exact) mass is 406 g/mol. The van der Waals surface area contributed by atoms with Gasteiger partial charge in [0.2, 0.25) is 0 Å². The SMILES string of the molecule is COc1ccc(C2(CNC(=O)c3n[nH]c4c3CNCC4)CCOCC2)cc1.Cl. The van der Waals surface area contributed by atoms with Crippen LogP contribution in [0.1, 0.15) is 40.2 Å². The molecule has 1 amide bonds. The normalized spacial score (nSPS) is 17.9. The van der Waals surface area contributed by atoms with Crippen LogP contribution in [-0.4, -0.2) is 49.5 Å². The molecule has 0 bridgehead atoms. The Labute approximate surface area is 171 Å². The summed E-state index contributed by atoms with van der Waals surface area (Å²) in [6, 6.07) is 8.14. The van der Waals surface area contributed by atoms with Crippen LogP contribution in [0.4, 0.5) is 0 Å². The number of methoxy groups -OCH3 is 1. The number of hydrogen-bond acceptors (Lipinski definition) is 5. The number of aromatic nitrogens is 2. The Bertz CT molecular complexity index is 800. The predicted molar refractivity (Wildman–Crippen MR) is 108 cm³/mol. The van der Waals surface area contributed by atoms with Crippen LogP contribution in [0.3, 0.4) is 0 Å². The zero-order chi connectivity index (χ0) is 18.7. The fourth-order valence-electron chi connectivity index (χ4n) is 4.02. The van der Waals surface area contributed by atoms with E-state index in [0.29, 0.717) is 32.0 Å². The van der Waals surface area contributed by atoms with E-state index in [0.717, 1.165) is 42.8 Å². The summed E-state index contributed by atoms with van der Waals surface area (Å²) in [6.07, 6.45) is 2.63. The van der Waals surface area contributed by atoms with Crippen molar-refractivity contribution in [3.63, 3.8) is 0 Å². The first-order valence-corrected chi connectivity index (χ1v) is 9.49. The van der Waals surface area contributed by atoms with Crippen molar-refractivity contribution < 1.29 is 14.3 Å². The third kappa shape index (κ3) is 4.01. The van der Waals surface area contributed by atoms with Crippen molar-refractivity contribution in [2.45, 2.75) is 31.2 Å². The summed E-state index contributed by atoms with van der Waals surface area (Å²) in [5, 5.41) is 13.7. The van der Waals surface area contributed by atoms with Gasteiger partial charge in [0.1, 0.15) is 5.75 Å². The summed E-state index contributed by atoms with van der Waals surface area (Å²) >= 11 is 0. The molecule has 4 rings (SSSR count). The maximum Gasteiger partial charge on any atom is 0.272 e. The van der Waals surface area contributed by atoms with Crippen LogP contribution < -0.4 is 15.4 Å². The Kier molecular flexibility index (Phi) is 6.59. The summed E-state index contributed by atoms with van der Waals surface area (Å²) < 4.78 is 10.9. The van der Waals surface area contributed by atoms with Crippen molar-refractivity contribution in [3.8, 4) is 5.75 Å². The van der Waals surface area contributed by atoms with E-state index in [4.69, 9.17) is 9.47 Å². The molecule has 2 aliphatic rings. The first-order valence-electron chi connectivity index (χ1n) is 9.49. The van der Waals surface area contributed by atoms with E-state index in [-0.39, 0.29) is 23.7 Å². The molecule has 1 aromatic heterocycles. The molecule has 1 fully saturated rings. The molecular formula is C20H27ClN4O3. The molecule has 1 saturated heterocycles. The van der Waals surface area contributed by atoms with Gasteiger partial charge in [-0.3, -0.25) is 9.89 Å². The van der Waals surface area contributed by atoms with E-state index >= 15 is 0 Å². The van der Waals surface area contributed by atoms with E-state index < -0.39 is 0 Å². The zero-order valence-corrected chi connectivity index (χ0v) is 16.9. The minimum Gasteiger partial charge on any atom is -0.497 e. The van der Waals surface area contributed by atoms with Crippen molar-refractivity contribution in [1.29, 1.82) is 0 Å². The standard InChI is InChI=1S/C20H26N4O3.ClH/c1-26-15-4-2-14(3-5-15)20(7-10-27-11-8-20)13-22-19(25)18-16-12-21-9-6-17(16)23-24-18;/h2-5,21H,6-13H2,1H3,(H,22,25)(H,23,24);1H. The van der Waals surface area contributed by atoms with Gasteiger partial charge in [-0.25, -0.2) is 0 Å². The van der Waals surface area contributed by atoms with E-state index in [1.165, 1.54) is 5.56 Å². The first-order chi connectivity index (χ1) is 13.2. The second kappa shape index (κ2) is 8.94. The van der Waals surface area contributed by atoms with Crippen LogP contribution in [0.5, 0.6) is 5.75 Å². The lowest BCUT2D eigenvalue weighted by molar-refractivity contribution is 0.0486. The molecule has 7 nitrogen and oxygen atoms in total. The lowest BCUT2D eigenvalue weighted by Gasteiger charge is -2.38. The van der Waals surface area contributed by atoms with E-state index in [2.05, 4.69) is 33.0 Å². The number of benzene rings is 1. The maximum absolute atomic E-state index is 12.8. The molecule has 0 unspecified atom stereocenters. The summed E-state index contributed by atoms with van der Waals surface area (Å²) in [7, 11) is 1.67. The fourth-order valence-corrected chi connectivity index (χ4v) is 4.02. The molecule has 8 heteroatoms. The van der Waals surface area contributed by atoms with Crippen molar-refractivity contribution in [3.05, 3.63) is 46.8 Å². The first kappa shape index (κ1) is 20.6. The molecule has 0 radical (unpaired) electrons. The Morgan fingerprint density at radius 3 is 2.75 bits per heavy atom.